The molecule has 1 N–H and O–H groups in total. The molecule has 29 heavy (non-hydrogen) atoms. The minimum Gasteiger partial charge on any atom is -0.447 e. The zero-order valence-corrected chi connectivity index (χ0v) is 16.9. The van der Waals surface area contributed by atoms with E-state index in [-0.39, 0.29) is 5.91 Å². The van der Waals surface area contributed by atoms with Crippen LogP contribution in [0.5, 0.6) is 0 Å². The Morgan fingerprint density at radius 3 is 2.59 bits per heavy atom. The Hall–Kier alpha value is -2.44. The van der Waals surface area contributed by atoms with E-state index in [9.17, 15) is 4.79 Å². The molecule has 6 heteroatoms. The van der Waals surface area contributed by atoms with Gasteiger partial charge in [0, 0.05) is 38.8 Å². The van der Waals surface area contributed by atoms with Crippen LogP contribution < -0.4 is 5.32 Å². The van der Waals surface area contributed by atoms with Gasteiger partial charge in [-0.1, -0.05) is 55.3 Å². The topological polar surface area (TPSA) is 61.6 Å². The van der Waals surface area contributed by atoms with Crippen LogP contribution >= 0.6 is 0 Å². The average molecular weight is 395 g/mol. The summed E-state index contributed by atoms with van der Waals surface area (Å²) in [5.41, 5.74) is 1.64. The largest absolute Gasteiger partial charge is 0.447 e. The summed E-state index contributed by atoms with van der Waals surface area (Å²) in [6.45, 7) is 5.62. The SMILES string of the molecule is O=C(NC1CCCC1)c1coc(CN2CCN(C/C=C/c3ccccc3)CC2)n1. The molecule has 1 aromatic heterocycles. The molecule has 4 rings (SSSR count). The molecule has 1 aliphatic heterocycles. The summed E-state index contributed by atoms with van der Waals surface area (Å²) in [7, 11) is 0. The molecule has 154 valence electrons. The first kappa shape index (κ1) is 19.9. The number of nitrogens with one attached hydrogen (secondary N) is 1. The van der Waals surface area contributed by atoms with Gasteiger partial charge in [0.15, 0.2) is 5.69 Å². The average Bonchev–Trinajstić information content (AvgIpc) is 3.42. The Morgan fingerprint density at radius 1 is 1.10 bits per heavy atom. The fourth-order valence-electron chi connectivity index (χ4n) is 4.04. The second-order valence-corrected chi connectivity index (χ2v) is 7.97. The lowest BCUT2D eigenvalue weighted by Gasteiger charge is -2.33. The van der Waals surface area contributed by atoms with Crippen molar-refractivity contribution in [1.29, 1.82) is 0 Å². The molecule has 1 saturated carbocycles. The molecule has 0 radical (unpaired) electrons. The van der Waals surface area contributed by atoms with Crippen molar-refractivity contribution in [2.75, 3.05) is 32.7 Å². The molecule has 1 aliphatic carbocycles. The first-order chi connectivity index (χ1) is 14.3. The molecule has 2 aliphatic rings. The molecule has 0 bridgehead atoms. The van der Waals surface area contributed by atoms with Gasteiger partial charge in [0.2, 0.25) is 5.89 Å². The van der Waals surface area contributed by atoms with Crippen LogP contribution in [0.1, 0.15) is 47.6 Å². The molecule has 0 unspecified atom stereocenters. The number of benzene rings is 1. The van der Waals surface area contributed by atoms with Crippen molar-refractivity contribution in [3.8, 4) is 0 Å². The maximum atomic E-state index is 12.3. The number of carbonyl (C=O) groups excluding carboxylic acids is 1. The molecule has 6 nitrogen and oxygen atoms in total. The normalized spacial score (nSPS) is 19.2. The first-order valence-electron chi connectivity index (χ1n) is 10.7. The fourth-order valence-corrected chi connectivity index (χ4v) is 4.04. The minimum atomic E-state index is -0.109. The number of amides is 1. The smallest absolute Gasteiger partial charge is 0.273 e. The quantitative estimate of drug-likeness (QED) is 0.782. The van der Waals surface area contributed by atoms with Crippen LogP contribution in [0.3, 0.4) is 0 Å². The van der Waals surface area contributed by atoms with Crippen LogP contribution in [0.4, 0.5) is 0 Å². The summed E-state index contributed by atoms with van der Waals surface area (Å²) in [4.78, 5) is 21.5. The molecule has 1 saturated heterocycles. The van der Waals surface area contributed by atoms with Crippen molar-refractivity contribution in [3.63, 3.8) is 0 Å². The van der Waals surface area contributed by atoms with Crippen LogP contribution in [0.25, 0.3) is 6.08 Å². The van der Waals surface area contributed by atoms with E-state index in [1.807, 2.05) is 6.07 Å². The number of aromatic nitrogens is 1. The lowest BCUT2D eigenvalue weighted by Crippen LogP contribution is -2.45. The van der Waals surface area contributed by atoms with Crippen molar-refractivity contribution in [2.45, 2.75) is 38.3 Å². The molecule has 1 aromatic carbocycles. The van der Waals surface area contributed by atoms with Crippen molar-refractivity contribution in [1.82, 2.24) is 20.1 Å². The zero-order valence-electron chi connectivity index (χ0n) is 16.9. The number of hydrogen-bond acceptors (Lipinski definition) is 5. The summed E-state index contributed by atoms with van der Waals surface area (Å²) in [6, 6.07) is 10.7. The van der Waals surface area contributed by atoms with E-state index < -0.39 is 0 Å². The highest BCUT2D eigenvalue weighted by Gasteiger charge is 2.22. The Bertz CT molecular complexity index is 803. The van der Waals surface area contributed by atoms with Crippen LogP contribution in [0.15, 0.2) is 47.1 Å². The van der Waals surface area contributed by atoms with E-state index in [0.717, 1.165) is 45.6 Å². The van der Waals surface area contributed by atoms with E-state index in [1.165, 1.54) is 24.7 Å². The van der Waals surface area contributed by atoms with Crippen molar-refractivity contribution < 1.29 is 9.21 Å². The minimum absolute atomic E-state index is 0.109. The second kappa shape index (κ2) is 9.85. The lowest BCUT2D eigenvalue weighted by molar-refractivity contribution is 0.0932. The Labute approximate surface area is 172 Å². The summed E-state index contributed by atoms with van der Waals surface area (Å²) in [5, 5.41) is 3.06. The van der Waals surface area contributed by atoms with E-state index in [0.29, 0.717) is 24.2 Å². The molecular formula is C23H30N4O2. The molecule has 0 spiro atoms. The number of rotatable bonds is 7. The number of oxazole rings is 1. The van der Waals surface area contributed by atoms with Crippen molar-refractivity contribution >= 4 is 12.0 Å². The van der Waals surface area contributed by atoms with Gasteiger partial charge in [0.05, 0.1) is 6.54 Å². The Kier molecular flexibility index (Phi) is 6.75. The highest BCUT2D eigenvalue weighted by atomic mass is 16.3. The highest BCUT2D eigenvalue weighted by Crippen LogP contribution is 2.18. The van der Waals surface area contributed by atoms with Gasteiger partial charge < -0.3 is 9.73 Å². The van der Waals surface area contributed by atoms with Crippen LogP contribution in [0.2, 0.25) is 0 Å². The van der Waals surface area contributed by atoms with Crippen LogP contribution in [-0.4, -0.2) is 59.5 Å². The molecule has 2 fully saturated rings. The standard InChI is InChI=1S/C23H30N4O2/c28-23(24-20-10-4-5-11-20)21-18-29-22(25-21)17-27-15-13-26(14-16-27)12-6-9-19-7-2-1-3-8-19/h1-3,6-9,18,20H,4-5,10-17H2,(H,24,28)/b9-6+. The van der Waals surface area contributed by atoms with E-state index in [2.05, 4.69) is 56.5 Å². The van der Waals surface area contributed by atoms with Crippen LogP contribution in [0, 0.1) is 0 Å². The van der Waals surface area contributed by atoms with E-state index >= 15 is 0 Å². The number of nitrogens with zero attached hydrogens (tertiary/aromatic N) is 3. The summed E-state index contributed by atoms with van der Waals surface area (Å²) in [6.07, 6.45) is 10.4. The highest BCUT2D eigenvalue weighted by molar-refractivity contribution is 5.92. The summed E-state index contributed by atoms with van der Waals surface area (Å²) < 4.78 is 5.56. The maximum absolute atomic E-state index is 12.3. The predicted octanol–water partition coefficient (Wildman–Crippen LogP) is 3.18. The third-order valence-electron chi connectivity index (χ3n) is 5.77. The van der Waals surface area contributed by atoms with E-state index in [4.69, 9.17) is 4.42 Å². The van der Waals surface area contributed by atoms with Gasteiger partial charge in [0.1, 0.15) is 6.26 Å². The van der Waals surface area contributed by atoms with Gasteiger partial charge in [-0.3, -0.25) is 14.6 Å². The third kappa shape index (κ3) is 5.78. The number of carbonyl (C=O) groups is 1. The molecular weight excluding hydrogens is 364 g/mol. The van der Waals surface area contributed by atoms with E-state index in [1.54, 1.807) is 0 Å². The summed E-state index contributed by atoms with van der Waals surface area (Å²) in [5.74, 6) is 0.515. The second-order valence-electron chi connectivity index (χ2n) is 7.97. The van der Waals surface area contributed by atoms with Gasteiger partial charge in [0.25, 0.3) is 5.91 Å². The molecule has 2 aromatic rings. The zero-order chi connectivity index (χ0) is 19.9. The molecule has 2 heterocycles. The van der Waals surface area contributed by atoms with Crippen molar-refractivity contribution in [3.05, 3.63) is 59.8 Å². The lowest BCUT2D eigenvalue weighted by atomic mass is 10.2. The van der Waals surface area contributed by atoms with Gasteiger partial charge in [-0.15, -0.1) is 0 Å². The Balaban J connectivity index is 1.19. The molecule has 0 atom stereocenters. The fraction of sp³-hybridized carbons (Fsp3) is 0.478. The maximum Gasteiger partial charge on any atom is 0.273 e. The molecule has 1 amide bonds. The van der Waals surface area contributed by atoms with Gasteiger partial charge in [-0.25, -0.2) is 4.98 Å². The first-order valence-corrected chi connectivity index (χ1v) is 10.7. The summed E-state index contributed by atoms with van der Waals surface area (Å²) >= 11 is 0. The Morgan fingerprint density at radius 2 is 1.83 bits per heavy atom. The van der Waals surface area contributed by atoms with Gasteiger partial charge in [-0.2, -0.15) is 0 Å². The number of piperazine rings is 1. The predicted molar refractivity (Wildman–Crippen MR) is 113 cm³/mol. The van der Waals surface area contributed by atoms with Crippen molar-refractivity contribution in [2.24, 2.45) is 0 Å². The number of hydrogen-bond donors (Lipinski definition) is 1. The third-order valence-corrected chi connectivity index (χ3v) is 5.77. The van der Waals surface area contributed by atoms with Gasteiger partial charge >= 0.3 is 0 Å². The van der Waals surface area contributed by atoms with Crippen LogP contribution in [-0.2, 0) is 6.54 Å². The monoisotopic (exact) mass is 394 g/mol. The van der Waals surface area contributed by atoms with Gasteiger partial charge in [-0.05, 0) is 18.4 Å².